The Morgan fingerprint density at radius 1 is 1.23 bits per heavy atom. The van der Waals surface area contributed by atoms with Crippen molar-refractivity contribution >= 4 is 11.9 Å². The first-order valence-electron chi connectivity index (χ1n) is 9.93. The molecule has 1 aromatic rings. The fourth-order valence-corrected chi connectivity index (χ4v) is 4.43. The largest absolute Gasteiger partial charge is 0.347 e. The van der Waals surface area contributed by atoms with Crippen molar-refractivity contribution in [2.45, 2.75) is 45.6 Å². The van der Waals surface area contributed by atoms with E-state index < -0.39 is 0 Å². The Morgan fingerprint density at radius 2 is 1.96 bits per heavy atom. The van der Waals surface area contributed by atoms with Gasteiger partial charge in [0.05, 0.1) is 6.54 Å². The lowest BCUT2D eigenvalue weighted by Gasteiger charge is -2.27. The number of aliphatic imine (C=N–C) groups is 1. The summed E-state index contributed by atoms with van der Waals surface area (Å²) in [5.41, 5.74) is 1.67. The number of hydrogen-bond donors (Lipinski definition) is 1. The van der Waals surface area contributed by atoms with Gasteiger partial charge in [-0.15, -0.1) is 0 Å². The van der Waals surface area contributed by atoms with Gasteiger partial charge in [0, 0.05) is 33.2 Å². The minimum Gasteiger partial charge on any atom is -0.347 e. The predicted octanol–water partition coefficient (Wildman–Crippen LogP) is 2.88. The van der Waals surface area contributed by atoms with E-state index in [4.69, 9.17) is 0 Å². The molecule has 1 heterocycles. The van der Waals surface area contributed by atoms with Crippen LogP contribution in [0.25, 0.3) is 0 Å². The lowest BCUT2D eigenvalue weighted by Crippen LogP contribution is -2.46. The van der Waals surface area contributed by atoms with Crippen LogP contribution in [-0.4, -0.2) is 54.9 Å². The smallest absolute Gasteiger partial charge is 0.242 e. The van der Waals surface area contributed by atoms with Crippen molar-refractivity contribution in [2.75, 3.05) is 33.2 Å². The Morgan fingerprint density at radius 3 is 2.62 bits per heavy atom. The van der Waals surface area contributed by atoms with Crippen molar-refractivity contribution in [1.29, 1.82) is 0 Å². The summed E-state index contributed by atoms with van der Waals surface area (Å²) in [6.45, 7) is 5.83. The third-order valence-corrected chi connectivity index (χ3v) is 5.96. The molecule has 1 saturated carbocycles. The first-order chi connectivity index (χ1) is 12.7. The lowest BCUT2D eigenvalue weighted by molar-refractivity contribution is -0.130. The molecule has 2 aliphatic rings. The number of likely N-dealkylation sites (N-methyl/N-ethyl adjacent to an activating group) is 1. The number of carbonyl (C=O) groups is 1. The molecule has 0 unspecified atom stereocenters. The summed E-state index contributed by atoms with van der Waals surface area (Å²) >= 11 is 0. The van der Waals surface area contributed by atoms with Crippen molar-refractivity contribution in [3.05, 3.63) is 35.9 Å². The second-order valence-corrected chi connectivity index (χ2v) is 7.67. The lowest BCUT2D eigenvalue weighted by atomic mass is 9.86. The Kier molecular flexibility index (Phi) is 6.17. The standard InChI is InChI=1S/C21H32N4O/c1-3-24(16-18-9-5-4-6-10-18)19(26)15-23-20(22-2)25-14-13-21(17-25)11-7-8-12-21/h4-6,9-10H,3,7-8,11-17H2,1-2H3,(H,22,23). The van der Waals surface area contributed by atoms with Gasteiger partial charge in [0.25, 0.3) is 0 Å². The molecule has 3 rings (SSSR count). The average molecular weight is 357 g/mol. The Bertz CT molecular complexity index is 622. The van der Waals surface area contributed by atoms with E-state index in [1.807, 2.05) is 37.1 Å². The van der Waals surface area contributed by atoms with E-state index in [1.54, 1.807) is 0 Å². The number of benzene rings is 1. The minimum absolute atomic E-state index is 0.118. The molecular formula is C21H32N4O. The number of nitrogens with zero attached hydrogens (tertiary/aromatic N) is 3. The van der Waals surface area contributed by atoms with E-state index in [0.29, 0.717) is 25.0 Å². The van der Waals surface area contributed by atoms with Crippen molar-refractivity contribution in [3.8, 4) is 0 Å². The van der Waals surface area contributed by atoms with Crippen molar-refractivity contribution in [1.82, 2.24) is 15.1 Å². The van der Waals surface area contributed by atoms with Crippen LogP contribution in [0.3, 0.4) is 0 Å². The SMILES string of the molecule is CCN(Cc1ccccc1)C(=O)CNC(=NC)N1CCC2(CCCC2)C1. The summed E-state index contributed by atoms with van der Waals surface area (Å²) in [6.07, 6.45) is 6.68. The summed E-state index contributed by atoms with van der Waals surface area (Å²) in [4.78, 5) is 21.3. The molecule has 0 atom stereocenters. The van der Waals surface area contributed by atoms with Gasteiger partial charge < -0.3 is 15.1 Å². The van der Waals surface area contributed by atoms with E-state index in [9.17, 15) is 4.79 Å². The molecule has 142 valence electrons. The van der Waals surface area contributed by atoms with Crippen LogP contribution in [0.4, 0.5) is 0 Å². The molecule has 2 fully saturated rings. The fourth-order valence-electron chi connectivity index (χ4n) is 4.43. The van der Waals surface area contributed by atoms with Gasteiger partial charge in [0.1, 0.15) is 0 Å². The number of rotatable bonds is 5. The molecule has 1 N–H and O–H groups in total. The normalized spacial score (nSPS) is 19.2. The molecule has 5 heteroatoms. The van der Waals surface area contributed by atoms with Gasteiger partial charge in [-0.2, -0.15) is 0 Å². The Balaban J connectivity index is 1.52. The second-order valence-electron chi connectivity index (χ2n) is 7.67. The highest BCUT2D eigenvalue weighted by Crippen LogP contribution is 2.45. The second kappa shape index (κ2) is 8.56. The number of nitrogens with one attached hydrogen (secondary N) is 1. The summed E-state index contributed by atoms with van der Waals surface area (Å²) in [5, 5.41) is 3.30. The maximum absolute atomic E-state index is 12.7. The number of carbonyl (C=O) groups excluding carboxylic acids is 1. The van der Waals surface area contributed by atoms with Gasteiger partial charge >= 0.3 is 0 Å². The predicted molar refractivity (Wildman–Crippen MR) is 106 cm³/mol. The molecule has 1 aromatic carbocycles. The minimum atomic E-state index is 0.118. The van der Waals surface area contributed by atoms with Gasteiger partial charge in [-0.3, -0.25) is 9.79 Å². The van der Waals surface area contributed by atoms with Crippen LogP contribution in [0.1, 0.15) is 44.6 Å². The van der Waals surface area contributed by atoms with E-state index in [1.165, 1.54) is 32.1 Å². The molecule has 0 bridgehead atoms. The van der Waals surface area contributed by atoms with Crippen LogP contribution in [-0.2, 0) is 11.3 Å². The molecule has 1 amide bonds. The third-order valence-electron chi connectivity index (χ3n) is 5.96. The molecule has 5 nitrogen and oxygen atoms in total. The fraction of sp³-hybridized carbons (Fsp3) is 0.619. The zero-order valence-corrected chi connectivity index (χ0v) is 16.2. The van der Waals surface area contributed by atoms with E-state index in [0.717, 1.165) is 24.6 Å². The topological polar surface area (TPSA) is 47.9 Å². The Hall–Kier alpha value is -2.04. The molecule has 1 saturated heterocycles. The van der Waals surface area contributed by atoms with E-state index in [2.05, 4.69) is 27.3 Å². The van der Waals surface area contributed by atoms with Crippen LogP contribution < -0.4 is 5.32 Å². The first kappa shape index (κ1) is 18.7. The number of hydrogen-bond acceptors (Lipinski definition) is 2. The molecule has 1 aliphatic carbocycles. The van der Waals surface area contributed by atoms with Crippen LogP contribution in [0.15, 0.2) is 35.3 Å². The van der Waals surface area contributed by atoms with Gasteiger partial charge in [0.15, 0.2) is 5.96 Å². The van der Waals surface area contributed by atoms with Crippen molar-refractivity contribution in [2.24, 2.45) is 10.4 Å². The quantitative estimate of drug-likeness (QED) is 0.652. The molecular weight excluding hydrogens is 324 g/mol. The van der Waals surface area contributed by atoms with Crippen LogP contribution in [0, 0.1) is 5.41 Å². The molecule has 0 aromatic heterocycles. The molecule has 1 aliphatic heterocycles. The molecule has 1 spiro atoms. The van der Waals surface area contributed by atoms with Crippen LogP contribution in [0.2, 0.25) is 0 Å². The Labute approximate surface area is 157 Å². The zero-order chi connectivity index (χ0) is 18.4. The molecule has 26 heavy (non-hydrogen) atoms. The number of amides is 1. The van der Waals surface area contributed by atoms with E-state index in [-0.39, 0.29) is 5.91 Å². The van der Waals surface area contributed by atoms with Gasteiger partial charge in [-0.25, -0.2) is 0 Å². The third kappa shape index (κ3) is 4.37. The molecule has 0 radical (unpaired) electrons. The van der Waals surface area contributed by atoms with Crippen molar-refractivity contribution < 1.29 is 4.79 Å². The van der Waals surface area contributed by atoms with Crippen LogP contribution >= 0.6 is 0 Å². The number of guanidine groups is 1. The summed E-state index contributed by atoms with van der Waals surface area (Å²) in [6, 6.07) is 10.2. The monoisotopic (exact) mass is 356 g/mol. The summed E-state index contributed by atoms with van der Waals surface area (Å²) in [5.74, 6) is 0.991. The van der Waals surface area contributed by atoms with Gasteiger partial charge in [-0.05, 0) is 37.2 Å². The average Bonchev–Trinajstić information content (AvgIpc) is 3.31. The maximum atomic E-state index is 12.7. The summed E-state index contributed by atoms with van der Waals surface area (Å²) < 4.78 is 0. The highest BCUT2D eigenvalue weighted by atomic mass is 16.2. The van der Waals surface area contributed by atoms with Gasteiger partial charge in [0.2, 0.25) is 5.91 Å². The summed E-state index contributed by atoms with van der Waals surface area (Å²) in [7, 11) is 1.81. The zero-order valence-electron chi connectivity index (χ0n) is 16.2. The number of likely N-dealkylation sites (tertiary alicyclic amines) is 1. The highest BCUT2D eigenvalue weighted by molar-refractivity contribution is 5.86. The first-order valence-corrected chi connectivity index (χ1v) is 9.93. The highest BCUT2D eigenvalue weighted by Gasteiger charge is 2.41. The van der Waals surface area contributed by atoms with Crippen LogP contribution in [0.5, 0.6) is 0 Å². The van der Waals surface area contributed by atoms with E-state index >= 15 is 0 Å². The van der Waals surface area contributed by atoms with Gasteiger partial charge in [-0.1, -0.05) is 43.2 Å². The van der Waals surface area contributed by atoms with Crippen molar-refractivity contribution in [3.63, 3.8) is 0 Å². The maximum Gasteiger partial charge on any atom is 0.242 e.